The molecule has 5 nitrogen and oxygen atoms in total. The average Bonchev–Trinajstić information content (AvgIpc) is 3.03. The lowest BCUT2D eigenvalue weighted by Crippen LogP contribution is -2.08. The Bertz CT molecular complexity index is 453. The lowest BCUT2D eigenvalue weighted by atomic mass is 10.1. The molecule has 1 aromatic rings. The van der Waals surface area contributed by atoms with Gasteiger partial charge in [0, 0.05) is 18.4 Å². The molecule has 0 unspecified atom stereocenters. The fourth-order valence-electron chi connectivity index (χ4n) is 1.59. The maximum atomic E-state index is 11.6. The van der Waals surface area contributed by atoms with Crippen molar-refractivity contribution in [1.82, 2.24) is 4.98 Å². The highest BCUT2D eigenvalue weighted by Gasteiger charge is 2.29. The number of aromatic nitrogens is 1. The number of hydrogen-bond acceptors (Lipinski definition) is 4. The van der Waals surface area contributed by atoms with Gasteiger partial charge < -0.3 is 0 Å². The summed E-state index contributed by atoms with van der Waals surface area (Å²) in [6, 6.07) is 1.46. The van der Waals surface area contributed by atoms with Gasteiger partial charge in [-0.05, 0) is 25.3 Å². The predicted octanol–water partition coefficient (Wildman–Crippen LogP) is 1.82. The van der Waals surface area contributed by atoms with Gasteiger partial charge in [-0.15, -0.1) is 0 Å². The molecule has 0 N–H and O–H groups in total. The number of rotatable bonds is 4. The molecule has 0 aliphatic heterocycles. The van der Waals surface area contributed by atoms with Crippen LogP contribution in [0.15, 0.2) is 12.3 Å². The normalized spacial score (nSPS) is 14.8. The number of aryl methyl sites for hydroxylation is 1. The van der Waals surface area contributed by atoms with Crippen molar-refractivity contribution in [3.05, 3.63) is 33.6 Å². The fourth-order valence-corrected chi connectivity index (χ4v) is 1.59. The summed E-state index contributed by atoms with van der Waals surface area (Å²) in [5.41, 5.74) is 1.34. The number of carbonyl (C=O) groups is 1. The molecule has 0 aromatic carbocycles. The SMILES string of the molecule is Cc1cc([N+](=O)[O-])cnc1CC(=O)C1CC1. The number of nitro groups is 1. The summed E-state index contributed by atoms with van der Waals surface area (Å²) in [5.74, 6) is 0.404. The summed E-state index contributed by atoms with van der Waals surface area (Å²) in [6.45, 7) is 1.75. The highest BCUT2D eigenvalue weighted by Crippen LogP contribution is 2.31. The van der Waals surface area contributed by atoms with Gasteiger partial charge >= 0.3 is 0 Å². The van der Waals surface area contributed by atoms with Crippen LogP contribution in [0.3, 0.4) is 0 Å². The van der Waals surface area contributed by atoms with Crippen LogP contribution in [0.2, 0.25) is 0 Å². The van der Waals surface area contributed by atoms with Gasteiger partial charge in [0.1, 0.15) is 12.0 Å². The number of carbonyl (C=O) groups excluding carboxylic acids is 1. The van der Waals surface area contributed by atoms with Crippen molar-refractivity contribution >= 4 is 11.5 Å². The summed E-state index contributed by atoms with van der Waals surface area (Å²) < 4.78 is 0. The zero-order valence-electron chi connectivity index (χ0n) is 8.97. The minimum atomic E-state index is -0.480. The third kappa shape index (κ3) is 2.24. The molecule has 0 atom stereocenters. The second-order valence-corrected chi connectivity index (χ2v) is 4.13. The number of Topliss-reactive ketones (excluding diaryl/α,β-unsaturated/α-hetero) is 1. The van der Waals surface area contributed by atoms with Gasteiger partial charge in [-0.3, -0.25) is 19.9 Å². The smallest absolute Gasteiger partial charge is 0.287 e. The molecule has 1 aromatic heterocycles. The maximum Gasteiger partial charge on any atom is 0.287 e. The maximum absolute atomic E-state index is 11.6. The lowest BCUT2D eigenvalue weighted by molar-refractivity contribution is -0.385. The second kappa shape index (κ2) is 4.00. The van der Waals surface area contributed by atoms with Gasteiger partial charge in [-0.25, -0.2) is 0 Å². The molecule has 84 valence electrons. The van der Waals surface area contributed by atoms with E-state index < -0.39 is 4.92 Å². The van der Waals surface area contributed by atoms with Gasteiger partial charge in [0.25, 0.3) is 5.69 Å². The number of pyridine rings is 1. The molecular formula is C11H12N2O3. The van der Waals surface area contributed by atoms with Crippen molar-refractivity contribution in [2.45, 2.75) is 26.2 Å². The van der Waals surface area contributed by atoms with Gasteiger partial charge in [0.2, 0.25) is 0 Å². The number of hydrogen-bond donors (Lipinski definition) is 0. The molecule has 0 amide bonds. The third-order valence-corrected chi connectivity index (χ3v) is 2.76. The number of nitrogens with zero attached hydrogens (tertiary/aromatic N) is 2. The molecule has 16 heavy (non-hydrogen) atoms. The van der Waals surface area contributed by atoms with Crippen LogP contribution in [0.25, 0.3) is 0 Å². The van der Waals surface area contributed by atoms with E-state index in [4.69, 9.17) is 0 Å². The molecule has 0 spiro atoms. The van der Waals surface area contributed by atoms with Gasteiger partial charge in [0.15, 0.2) is 0 Å². The molecule has 1 heterocycles. The highest BCUT2D eigenvalue weighted by molar-refractivity contribution is 5.85. The van der Waals surface area contributed by atoms with Crippen LogP contribution in [0, 0.1) is 23.0 Å². The van der Waals surface area contributed by atoms with E-state index in [1.165, 1.54) is 12.3 Å². The summed E-state index contributed by atoms with van der Waals surface area (Å²) in [5, 5.41) is 10.5. The van der Waals surface area contributed by atoms with E-state index in [1.807, 2.05) is 0 Å². The van der Waals surface area contributed by atoms with Crippen LogP contribution in [0.4, 0.5) is 5.69 Å². The highest BCUT2D eigenvalue weighted by atomic mass is 16.6. The van der Waals surface area contributed by atoms with Gasteiger partial charge in [-0.2, -0.15) is 0 Å². The molecule has 1 aliphatic carbocycles. The molecule has 1 fully saturated rings. The molecule has 2 rings (SSSR count). The van der Waals surface area contributed by atoms with Crippen molar-refractivity contribution < 1.29 is 9.72 Å². The minimum Gasteiger partial charge on any atom is -0.299 e. The van der Waals surface area contributed by atoms with Gasteiger partial charge in [-0.1, -0.05) is 0 Å². The molecule has 0 radical (unpaired) electrons. The number of ketones is 1. The monoisotopic (exact) mass is 220 g/mol. The molecule has 0 saturated heterocycles. The van der Waals surface area contributed by atoms with Crippen molar-refractivity contribution in [3.63, 3.8) is 0 Å². The van der Waals surface area contributed by atoms with Crippen LogP contribution in [-0.4, -0.2) is 15.7 Å². The first kappa shape index (κ1) is 10.7. The van der Waals surface area contributed by atoms with E-state index in [9.17, 15) is 14.9 Å². The van der Waals surface area contributed by atoms with Crippen molar-refractivity contribution in [1.29, 1.82) is 0 Å². The molecule has 1 saturated carbocycles. The quantitative estimate of drug-likeness (QED) is 0.573. The van der Waals surface area contributed by atoms with Crippen LogP contribution in [0.1, 0.15) is 24.1 Å². The molecule has 0 bridgehead atoms. The van der Waals surface area contributed by atoms with Crippen molar-refractivity contribution in [2.24, 2.45) is 5.92 Å². The van der Waals surface area contributed by atoms with E-state index in [-0.39, 0.29) is 17.4 Å². The Hall–Kier alpha value is -1.78. The third-order valence-electron chi connectivity index (χ3n) is 2.76. The Morgan fingerprint density at radius 1 is 1.62 bits per heavy atom. The summed E-state index contributed by atoms with van der Waals surface area (Å²) in [7, 11) is 0. The van der Waals surface area contributed by atoms with Crippen molar-refractivity contribution in [2.75, 3.05) is 0 Å². The Balaban J connectivity index is 2.15. The average molecular weight is 220 g/mol. The Labute approximate surface area is 92.6 Å². The fraction of sp³-hybridized carbons (Fsp3) is 0.455. The Morgan fingerprint density at radius 2 is 2.31 bits per heavy atom. The van der Waals surface area contributed by atoms with E-state index in [1.54, 1.807) is 6.92 Å². The molecule has 5 heteroatoms. The van der Waals surface area contributed by atoms with Crippen LogP contribution < -0.4 is 0 Å². The minimum absolute atomic E-state index is 0.0277. The first-order chi connectivity index (χ1) is 7.58. The zero-order valence-corrected chi connectivity index (χ0v) is 8.97. The Morgan fingerprint density at radius 3 is 2.81 bits per heavy atom. The lowest BCUT2D eigenvalue weighted by Gasteiger charge is -2.03. The zero-order chi connectivity index (χ0) is 11.7. The molecular weight excluding hydrogens is 208 g/mol. The standard InChI is InChI=1S/C11H12N2O3/c1-7-4-9(13(15)16)6-12-10(7)5-11(14)8-2-3-8/h4,6,8H,2-3,5H2,1H3. The largest absolute Gasteiger partial charge is 0.299 e. The van der Waals surface area contributed by atoms with Crippen LogP contribution in [0.5, 0.6) is 0 Å². The summed E-state index contributed by atoms with van der Waals surface area (Å²) >= 11 is 0. The summed E-state index contributed by atoms with van der Waals surface area (Å²) in [6.07, 6.45) is 3.47. The topological polar surface area (TPSA) is 73.1 Å². The predicted molar refractivity (Wildman–Crippen MR) is 57.1 cm³/mol. The van der Waals surface area contributed by atoms with E-state index >= 15 is 0 Å². The van der Waals surface area contributed by atoms with E-state index in [0.29, 0.717) is 17.7 Å². The molecule has 1 aliphatic rings. The second-order valence-electron chi connectivity index (χ2n) is 4.13. The van der Waals surface area contributed by atoms with Crippen LogP contribution >= 0.6 is 0 Å². The van der Waals surface area contributed by atoms with Crippen LogP contribution in [-0.2, 0) is 11.2 Å². The van der Waals surface area contributed by atoms with Crippen molar-refractivity contribution in [3.8, 4) is 0 Å². The summed E-state index contributed by atoms with van der Waals surface area (Å²) in [4.78, 5) is 25.6. The first-order valence-electron chi connectivity index (χ1n) is 5.20. The van der Waals surface area contributed by atoms with E-state index in [2.05, 4.69) is 4.98 Å². The van der Waals surface area contributed by atoms with Gasteiger partial charge in [0.05, 0.1) is 10.6 Å². The Kier molecular flexibility index (Phi) is 2.68. The first-order valence-corrected chi connectivity index (χ1v) is 5.20. The van der Waals surface area contributed by atoms with E-state index in [0.717, 1.165) is 12.8 Å².